The van der Waals surface area contributed by atoms with Gasteiger partial charge in [0.25, 0.3) is 5.91 Å². The predicted molar refractivity (Wildman–Crippen MR) is 74.6 cm³/mol. The molecule has 0 aliphatic rings. The Morgan fingerprint density at radius 3 is 2.32 bits per heavy atom. The molecule has 2 aromatic rings. The Labute approximate surface area is 116 Å². The van der Waals surface area contributed by atoms with Crippen LogP contribution >= 0.6 is 11.6 Å². The normalized spacial score (nSPS) is 9.95. The average molecular weight is 274 g/mol. The fraction of sp³-hybridized carbons (Fsp3) is 0.0667. The molecule has 2 rings (SSSR count). The summed E-state index contributed by atoms with van der Waals surface area (Å²) < 4.78 is 0. The number of rotatable bonds is 4. The highest BCUT2D eigenvalue weighted by atomic mass is 35.5. The van der Waals surface area contributed by atoms with Crippen molar-refractivity contribution in [2.75, 3.05) is 6.54 Å². The van der Waals surface area contributed by atoms with Gasteiger partial charge in [-0.1, -0.05) is 48.0 Å². The summed E-state index contributed by atoms with van der Waals surface area (Å²) in [5.41, 5.74) is 1.02. The Morgan fingerprint density at radius 1 is 0.947 bits per heavy atom. The quantitative estimate of drug-likeness (QED) is 0.871. The van der Waals surface area contributed by atoms with Gasteiger partial charge >= 0.3 is 0 Å². The number of carbonyl (C=O) groups excluding carboxylic acids is 2. The minimum absolute atomic E-state index is 0.0324. The maximum atomic E-state index is 11.8. The first-order chi connectivity index (χ1) is 9.16. The van der Waals surface area contributed by atoms with Crippen LogP contribution in [0.3, 0.4) is 0 Å². The third kappa shape index (κ3) is 3.66. The smallest absolute Gasteiger partial charge is 0.251 e. The van der Waals surface area contributed by atoms with Gasteiger partial charge in [0.05, 0.1) is 6.54 Å². The van der Waals surface area contributed by atoms with Crippen molar-refractivity contribution in [2.24, 2.45) is 0 Å². The Kier molecular flexibility index (Phi) is 4.31. The standard InChI is InChI=1S/C15H12ClNO2/c16-13-8-4-7-12(9-13)15(19)17-10-14(18)11-5-2-1-3-6-11/h1-9H,10H2,(H,17,19). The largest absolute Gasteiger partial charge is 0.345 e. The molecule has 0 bridgehead atoms. The summed E-state index contributed by atoms with van der Waals surface area (Å²) in [6.45, 7) is -0.0324. The number of ketones is 1. The van der Waals surface area contributed by atoms with E-state index < -0.39 is 0 Å². The molecule has 0 spiro atoms. The molecule has 3 nitrogen and oxygen atoms in total. The number of benzene rings is 2. The molecule has 0 aromatic heterocycles. The molecule has 0 aliphatic carbocycles. The molecule has 0 fully saturated rings. The zero-order valence-electron chi connectivity index (χ0n) is 10.1. The Bertz CT molecular complexity index is 596. The zero-order valence-corrected chi connectivity index (χ0v) is 10.9. The summed E-state index contributed by atoms with van der Waals surface area (Å²) in [5, 5.41) is 3.07. The van der Waals surface area contributed by atoms with Crippen molar-refractivity contribution < 1.29 is 9.59 Å². The molecule has 0 saturated heterocycles. The van der Waals surface area contributed by atoms with Gasteiger partial charge in [-0.2, -0.15) is 0 Å². The molecule has 0 atom stereocenters. The highest BCUT2D eigenvalue weighted by Crippen LogP contribution is 2.10. The lowest BCUT2D eigenvalue weighted by Gasteiger charge is -2.05. The molecule has 0 aliphatic heterocycles. The molecule has 0 saturated carbocycles. The van der Waals surface area contributed by atoms with E-state index in [1.807, 2.05) is 6.07 Å². The van der Waals surface area contributed by atoms with Crippen molar-refractivity contribution in [3.05, 3.63) is 70.7 Å². The minimum atomic E-state index is -0.313. The van der Waals surface area contributed by atoms with E-state index in [1.54, 1.807) is 48.5 Å². The van der Waals surface area contributed by atoms with Crippen LogP contribution in [0, 0.1) is 0 Å². The Morgan fingerprint density at radius 2 is 1.63 bits per heavy atom. The zero-order chi connectivity index (χ0) is 13.7. The van der Waals surface area contributed by atoms with E-state index in [1.165, 1.54) is 0 Å². The van der Waals surface area contributed by atoms with Crippen LogP contribution in [0.2, 0.25) is 5.02 Å². The molecule has 96 valence electrons. The number of hydrogen-bond acceptors (Lipinski definition) is 2. The van der Waals surface area contributed by atoms with E-state index in [4.69, 9.17) is 11.6 Å². The van der Waals surface area contributed by atoms with Crippen LogP contribution < -0.4 is 5.32 Å². The number of nitrogens with one attached hydrogen (secondary N) is 1. The van der Waals surface area contributed by atoms with Crippen molar-refractivity contribution in [3.8, 4) is 0 Å². The van der Waals surface area contributed by atoms with E-state index in [-0.39, 0.29) is 18.2 Å². The van der Waals surface area contributed by atoms with Crippen molar-refractivity contribution in [2.45, 2.75) is 0 Å². The fourth-order valence-corrected chi connectivity index (χ4v) is 1.81. The maximum absolute atomic E-state index is 11.8. The Balaban J connectivity index is 1.96. The first-order valence-electron chi connectivity index (χ1n) is 5.79. The number of amides is 1. The summed E-state index contributed by atoms with van der Waals surface area (Å²) in [7, 11) is 0. The van der Waals surface area contributed by atoms with Crippen molar-refractivity contribution in [1.29, 1.82) is 0 Å². The van der Waals surface area contributed by atoms with Crippen molar-refractivity contribution in [3.63, 3.8) is 0 Å². The van der Waals surface area contributed by atoms with Crippen LogP contribution in [0.25, 0.3) is 0 Å². The number of carbonyl (C=O) groups is 2. The maximum Gasteiger partial charge on any atom is 0.251 e. The summed E-state index contributed by atoms with van der Waals surface area (Å²) in [6.07, 6.45) is 0. The first-order valence-corrected chi connectivity index (χ1v) is 6.16. The molecule has 1 N–H and O–H groups in total. The second-order valence-corrected chi connectivity index (χ2v) is 4.42. The van der Waals surface area contributed by atoms with Gasteiger partial charge in [0.2, 0.25) is 0 Å². The average Bonchev–Trinajstić information content (AvgIpc) is 2.45. The molecule has 2 aromatic carbocycles. The topological polar surface area (TPSA) is 46.2 Å². The highest BCUT2D eigenvalue weighted by Gasteiger charge is 2.09. The van der Waals surface area contributed by atoms with Crippen LogP contribution in [0.15, 0.2) is 54.6 Å². The summed E-state index contributed by atoms with van der Waals surface area (Å²) >= 11 is 5.80. The van der Waals surface area contributed by atoms with Gasteiger partial charge < -0.3 is 5.32 Å². The van der Waals surface area contributed by atoms with E-state index in [2.05, 4.69) is 5.32 Å². The van der Waals surface area contributed by atoms with Gasteiger partial charge in [0, 0.05) is 16.1 Å². The number of halogens is 1. The molecule has 0 unspecified atom stereocenters. The van der Waals surface area contributed by atoms with E-state index in [0.717, 1.165) is 0 Å². The van der Waals surface area contributed by atoms with E-state index >= 15 is 0 Å². The molecule has 1 amide bonds. The van der Waals surface area contributed by atoms with Gasteiger partial charge in [0.15, 0.2) is 5.78 Å². The van der Waals surface area contributed by atoms with Crippen LogP contribution in [0.1, 0.15) is 20.7 Å². The lowest BCUT2D eigenvalue weighted by atomic mass is 10.1. The van der Waals surface area contributed by atoms with Crippen LogP contribution in [0.5, 0.6) is 0 Å². The predicted octanol–water partition coefficient (Wildman–Crippen LogP) is 2.95. The lowest BCUT2D eigenvalue weighted by molar-refractivity contribution is 0.0904. The first kappa shape index (κ1) is 13.3. The van der Waals surface area contributed by atoms with Gasteiger partial charge in [-0.25, -0.2) is 0 Å². The second kappa shape index (κ2) is 6.16. The third-order valence-corrected chi connectivity index (χ3v) is 2.83. The molecular formula is C15H12ClNO2. The second-order valence-electron chi connectivity index (χ2n) is 3.98. The lowest BCUT2D eigenvalue weighted by Crippen LogP contribution is -2.29. The van der Waals surface area contributed by atoms with Gasteiger partial charge in [0.1, 0.15) is 0 Å². The van der Waals surface area contributed by atoms with Gasteiger partial charge in [-0.3, -0.25) is 9.59 Å². The third-order valence-electron chi connectivity index (χ3n) is 2.59. The van der Waals surface area contributed by atoms with Crippen molar-refractivity contribution in [1.82, 2.24) is 5.32 Å². The fourth-order valence-electron chi connectivity index (χ4n) is 1.62. The van der Waals surface area contributed by atoms with Gasteiger partial charge in [-0.15, -0.1) is 0 Å². The van der Waals surface area contributed by atoms with Crippen LogP contribution in [0.4, 0.5) is 0 Å². The molecule has 4 heteroatoms. The highest BCUT2D eigenvalue weighted by molar-refractivity contribution is 6.31. The summed E-state index contributed by atoms with van der Waals surface area (Å²) in [6, 6.07) is 15.4. The molecule has 19 heavy (non-hydrogen) atoms. The molecular weight excluding hydrogens is 262 g/mol. The van der Waals surface area contributed by atoms with Crippen LogP contribution in [-0.2, 0) is 0 Å². The van der Waals surface area contributed by atoms with Crippen molar-refractivity contribution >= 4 is 23.3 Å². The van der Waals surface area contributed by atoms with E-state index in [0.29, 0.717) is 16.1 Å². The minimum Gasteiger partial charge on any atom is -0.345 e. The SMILES string of the molecule is O=C(CNC(=O)c1cccc(Cl)c1)c1ccccc1. The number of Topliss-reactive ketones (excluding diaryl/α,β-unsaturated/α-hetero) is 1. The Hall–Kier alpha value is -2.13. The monoisotopic (exact) mass is 273 g/mol. The van der Waals surface area contributed by atoms with E-state index in [9.17, 15) is 9.59 Å². The van der Waals surface area contributed by atoms with Crippen LogP contribution in [-0.4, -0.2) is 18.2 Å². The molecule has 0 heterocycles. The summed E-state index contributed by atoms with van der Waals surface area (Å²) in [5.74, 6) is -0.442. The summed E-state index contributed by atoms with van der Waals surface area (Å²) in [4.78, 5) is 23.6. The number of hydrogen-bond donors (Lipinski definition) is 1. The van der Waals surface area contributed by atoms with Gasteiger partial charge in [-0.05, 0) is 18.2 Å². The molecule has 0 radical (unpaired) electrons.